The van der Waals surface area contributed by atoms with Crippen LogP contribution >= 0.6 is 11.6 Å². The van der Waals surface area contributed by atoms with E-state index in [2.05, 4.69) is 15.6 Å². The molecule has 0 aliphatic rings. The van der Waals surface area contributed by atoms with Crippen LogP contribution in [0.25, 0.3) is 0 Å². The zero-order valence-electron chi connectivity index (χ0n) is 14.9. The van der Waals surface area contributed by atoms with E-state index in [-0.39, 0.29) is 5.91 Å². The maximum Gasteiger partial charge on any atom is 0.251 e. The molecule has 0 saturated carbocycles. The standard InChI is InChI=1S/C18H23ClN4O2/c1-12-9-15(16(25-4)11-14(12)19)22-17-10-13(5-6-20-17)18(24)21-7-8-23(2)3/h5-6,9-11H,7-8H2,1-4H3,(H,20,22)(H,21,24). The van der Waals surface area contributed by atoms with Crippen LogP contribution in [0.1, 0.15) is 15.9 Å². The fourth-order valence-electron chi connectivity index (χ4n) is 2.20. The minimum atomic E-state index is -0.133. The monoisotopic (exact) mass is 362 g/mol. The number of rotatable bonds is 7. The van der Waals surface area contributed by atoms with Gasteiger partial charge in [0.15, 0.2) is 0 Å². The molecule has 0 bridgehead atoms. The van der Waals surface area contributed by atoms with Gasteiger partial charge in [0.1, 0.15) is 11.6 Å². The van der Waals surface area contributed by atoms with Gasteiger partial charge in [0, 0.05) is 35.9 Å². The lowest BCUT2D eigenvalue weighted by atomic mass is 10.2. The Hall–Kier alpha value is -2.31. The first-order chi connectivity index (χ1) is 11.9. The predicted molar refractivity (Wildman–Crippen MR) is 101 cm³/mol. The number of nitrogens with zero attached hydrogens (tertiary/aromatic N) is 2. The average molecular weight is 363 g/mol. The number of hydrogen-bond donors (Lipinski definition) is 2. The third kappa shape index (κ3) is 5.34. The van der Waals surface area contributed by atoms with Crippen molar-refractivity contribution in [3.8, 4) is 5.75 Å². The van der Waals surface area contributed by atoms with E-state index in [4.69, 9.17) is 16.3 Å². The van der Waals surface area contributed by atoms with Crippen LogP contribution < -0.4 is 15.4 Å². The van der Waals surface area contributed by atoms with E-state index in [0.717, 1.165) is 17.8 Å². The highest BCUT2D eigenvalue weighted by Gasteiger charge is 2.10. The lowest BCUT2D eigenvalue weighted by Crippen LogP contribution is -2.31. The van der Waals surface area contributed by atoms with Crippen LogP contribution in [0.3, 0.4) is 0 Å². The van der Waals surface area contributed by atoms with Gasteiger partial charge in [-0.1, -0.05) is 11.6 Å². The second kappa shape index (κ2) is 8.69. The molecule has 2 N–H and O–H groups in total. The van der Waals surface area contributed by atoms with Crippen molar-refractivity contribution >= 4 is 29.0 Å². The highest BCUT2D eigenvalue weighted by atomic mass is 35.5. The minimum Gasteiger partial charge on any atom is -0.495 e. The second-order valence-electron chi connectivity index (χ2n) is 5.92. The van der Waals surface area contributed by atoms with Gasteiger partial charge in [0.05, 0.1) is 12.8 Å². The summed E-state index contributed by atoms with van der Waals surface area (Å²) in [4.78, 5) is 18.5. The van der Waals surface area contributed by atoms with Crippen LogP contribution in [-0.4, -0.2) is 50.1 Å². The Kier molecular flexibility index (Phi) is 6.61. The van der Waals surface area contributed by atoms with Crippen molar-refractivity contribution in [3.05, 3.63) is 46.6 Å². The first kappa shape index (κ1) is 19.0. The fraction of sp³-hybridized carbons (Fsp3) is 0.333. The van der Waals surface area contributed by atoms with E-state index in [1.807, 2.05) is 32.0 Å². The van der Waals surface area contributed by atoms with Crippen molar-refractivity contribution in [2.45, 2.75) is 6.92 Å². The number of nitrogens with one attached hydrogen (secondary N) is 2. The Morgan fingerprint density at radius 1 is 1.32 bits per heavy atom. The number of ether oxygens (including phenoxy) is 1. The number of carbonyl (C=O) groups excluding carboxylic acids is 1. The lowest BCUT2D eigenvalue weighted by molar-refractivity contribution is 0.0951. The molecular formula is C18H23ClN4O2. The molecule has 0 fully saturated rings. The quantitative estimate of drug-likeness (QED) is 0.792. The van der Waals surface area contributed by atoms with E-state index in [0.29, 0.717) is 28.7 Å². The smallest absolute Gasteiger partial charge is 0.251 e. The van der Waals surface area contributed by atoms with Crippen molar-refractivity contribution in [3.63, 3.8) is 0 Å². The van der Waals surface area contributed by atoms with Gasteiger partial charge in [-0.3, -0.25) is 4.79 Å². The van der Waals surface area contributed by atoms with Crippen molar-refractivity contribution < 1.29 is 9.53 Å². The van der Waals surface area contributed by atoms with Crippen LogP contribution in [0.2, 0.25) is 5.02 Å². The molecule has 0 spiro atoms. The molecular weight excluding hydrogens is 340 g/mol. The maximum absolute atomic E-state index is 12.2. The summed E-state index contributed by atoms with van der Waals surface area (Å²) in [6, 6.07) is 7.01. The highest BCUT2D eigenvalue weighted by molar-refractivity contribution is 6.31. The number of benzene rings is 1. The number of aryl methyl sites for hydroxylation is 1. The molecule has 2 rings (SSSR count). The first-order valence-electron chi connectivity index (χ1n) is 7.91. The zero-order chi connectivity index (χ0) is 18.4. The van der Waals surface area contributed by atoms with Gasteiger partial charge >= 0.3 is 0 Å². The van der Waals surface area contributed by atoms with Crippen LogP contribution in [0.15, 0.2) is 30.5 Å². The first-order valence-corrected chi connectivity index (χ1v) is 8.28. The molecule has 134 valence electrons. The van der Waals surface area contributed by atoms with Gasteiger partial charge in [0.2, 0.25) is 0 Å². The molecule has 0 saturated heterocycles. The molecule has 0 aliphatic carbocycles. The van der Waals surface area contributed by atoms with Crippen molar-refractivity contribution in [1.82, 2.24) is 15.2 Å². The molecule has 2 aromatic rings. The maximum atomic E-state index is 12.2. The van der Waals surface area contributed by atoms with Gasteiger partial charge in [0.25, 0.3) is 5.91 Å². The summed E-state index contributed by atoms with van der Waals surface area (Å²) >= 11 is 6.13. The summed E-state index contributed by atoms with van der Waals surface area (Å²) in [6.45, 7) is 3.28. The van der Waals surface area contributed by atoms with Crippen LogP contribution in [0.5, 0.6) is 5.75 Å². The summed E-state index contributed by atoms with van der Waals surface area (Å²) in [5, 5.41) is 6.69. The van der Waals surface area contributed by atoms with Gasteiger partial charge in [-0.05, 0) is 44.8 Å². The number of amides is 1. The third-order valence-corrected chi connectivity index (χ3v) is 4.02. The number of halogens is 1. The van der Waals surface area contributed by atoms with Crippen LogP contribution in [-0.2, 0) is 0 Å². The van der Waals surface area contributed by atoms with Crippen LogP contribution in [0, 0.1) is 6.92 Å². The molecule has 1 aromatic carbocycles. The van der Waals surface area contributed by atoms with Gasteiger partial charge in [-0.15, -0.1) is 0 Å². The molecule has 25 heavy (non-hydrogen) atoms. The molecule has 1 amide bonds. The largest absolute Gasteiger partial charge is 0.495 e. The third-order valence-electron chi connectivity index (χ3n) is 3.61. The molecule has 0 atom stereocenters. The number of methoxy groups -OCH3 is 1. The topological polar surface area (TPSA) is 66.5 Å². The SMILES string of the molecule is COc1cc(Cl)c(C)cc1Nc1cc(C(=O)NCCN(C)C)ccn1. The number of hydrogen-bond acceptors (Lipinski definition) is 5. The van der Waals surface area contributed by atoms with Gasteiger partial charge < -0.3 is 20.3 Å². The zero-order valence-corrected chi connectivity index (χ0v) is 15.6. The van der Waals surface area contributed by atoms with Crippen molar-refractivity contribution in [2.75, 3.05) is 39.6 Å². The minimum absolute atomic E-state index is 0.133. The molecule has 0 radical (unpaired) electrons. The number of carbonyl (C=O) groups is 1. The van der Waals surface area contributed by atoms with E-state index < -0.39 is 0 Å². The second-order valence-corrected chi connectivity index (χ2v) is 6.32. The molecule has 6 nitrogen and oxygen atoms in total. The molecule has 1 heterocycles. The number of aromatic nitrogens is 1. The Labute approximate surface area is 153 Å². The summed E-state index contributed by atoms with van der Waals surface area (Å²) in [5.74, 6) is 1.03. The molecule has 0 aliphatic heterocycles. The van der Waals surface area contributed by atoms with Gasteiger partial charge in [-0.2, -0.15) is 0 Å². The highest BCUT2D eigenvalue weighted by Crippen LogP contribution is 2.32. The van der Waals surface area contributed by atoms with Crippen LogP contribution in [0.4, 0.5) is 11.5 Å². The fourth-order valence-corrected chi connectivity index (χ4v) is 2.36. The van der Waals surface area contributed by atoms with Crippen molar-refractivity contribution in [1.29, 1.82) is 0 Å². The average Bonchev–Trinajstić information content (AvgIpc) is 2.57. The van der Waals surface area contributed by atoms with E-state index in [9.17, 15) is 4.79 Å². The van der Waals surface area contributed by atoms with E-state index in [1.54, 1.807) is 31.5 Å². The summed E-state index contributed by atoms with van der Waals surface area (Å²) in [7, 11) is 5.50. The molecule has 7 heteroatoms. The normalized spacial score (nSPS) is 10.6. The Balaban J connectivity index is 2.14. The van der Waals surface area contributed by atoms with E-state index >= 15 is 0 Å². The lowest BCUT2D eigenvalue weighted by Gasteiger charge is -2.13. The summed E-state index contributed by atoms with van der Waals surface area (Å²) < 4.78 is 5.35. The summed E-state index contributed by atoms with van der Waals surface area (Å²) in [5.41, 5.74) is 2.20. The number of anilines is 2. The summed E-state index contributed by atoms with van der Waals surface area (Å²) in [6.07, 6.45) is 1.60. The van der Waals surface area contributed by atoms with Crippen molar-refractivity contribution in [2.24, 2.45) is 0 Å². The predicted octanol–water partition coefficient (Wildman–Crippen LogP) is 3.09. The number of pyridine rings is 1. The number of likely N-dealkylation sites (N-methyl/N-ethyl adjacent to an activating group) is 1. The Bertz CT molecular complexity index is 750. The molecule has 1 aromatic heterocycles. The molecule has 0 unspecified atom stereocenters. The Morgan fingerprint density at radius 3 is 2.76 bits per heavy atom. The Morgan fingerprint density at radius 2 is 2.08 bits per heavy atom. The van der Waals surface area contributed by atoms with Gasteiger partial charge in [-0.25, -0.2) is 4.98 Å². The van der Waals surface area contributed by atoms with E-state index in [1.165, 1.54) is 0 Å².